The maximum atomic E-state index is 12.3. The van der Waals surface area contributed by atoms with Gasteiger partial charge >= 0.3 is 60.1 Å². The molecule has 542 valence electrons. The molecule has 85 heavy (non-hydrogen) atoms. The molecule has 0 unspecified atom stereocenters. The predicted molar refractivity (Wildman–Crippen MR) is 250 cm³/mol. The van der Waals surface area contributed by atoms with Gasteiger partial charge in [0.15, 0.2) is 20.0 Å². The van der Waals surface area contributed by atoms with Crippen molar-refractivity contribution in [3.8, 4) is 0 Å². The van der Waals surface area contributed by atoms with Crippen LogP contribution in [0.5, 0.6) is 0 Å². The van der Waals surface area contributed by atoms with E-state index in [4.69, 9.17) is 0 Å². The van der Waals surface area contributed by atoms with Crippen molar-refractivity contribution >= 4 is 0 Å². The molecule has 0 fully saturated rings. The van der Waals surface area contributed by atoms with E-state index in [1.165, 1.54) is 19.6 Å². The number of halogens is 38. The Morgan fingerprint density at radius 2 is 0.294 bits per heavy atom. The van der Waals surface area contributed by atoms with Gasteiger partial charge in [0.2, 0.25) is 13.9 Å². The number of hydrogen-bond acceptors (Lipinski definition) is 7. The Balaban J connectivity index is -0.0000000442. The third-order valence-electron chi connectivity index (χ3n) is 5.46. The van der Waals surface area contributed by atoms with Gasteiger partial charge in [-0.15, -0.1) is 0 Å². The van der Waals surface area contributed by atoms with Crippen LogP contribution in [0.4, 0.5) is 167 Å². The summed E-state index contributed by atoms with van der Waals surface area (Å²) >= 11 is 0. The van der Waals surface area contributed by atoms with Crippen molar-refractivity contribution in [2.24, 2.45) is 0 Å². The third-order valence-corrected chi connectivity index (χ3v) is 5.46. The van der Waals surface area contributed by atoms with Crippen LogP contribution in [0.15, 0.2) is 0 Å². The first-order chi connectivity index (χ1) is 37.7. The topological polar surface area (TPSA) is 22.7 Å². The monoisotopic (exact) mass is 1380 g/mol. The summed E-state index contributed by atoms with van der Waals surface area (Å²) in [4.78, 5) is 5.77. The van der Waals surface area contributed by atoms with Crippen LogP contribution in [-0.4, -0.2) is 290 Å². The summed E-state index contributed by atoms with van der Waals surface area (Å²) in [6.07, 6.45) is -10.8. The van der Waals surface area contributed by atoms with Crippen molar-refractivity contribution in [1.29, 1.82) is 0 Å². The first kappa shape index (κ1) is 124. The van der Waals surface area contributed by atoms with E-state index < -0.39 is 94.0 Å². The fourth-order valence-electron chi connectivity index (χ4n) is 1.22. The van der Waals surface area contributed by atoms with E-state index in [1.807, 2.05) is 0 Å². The summed E-state index contributed by atoms with van der Waals surface area (Å²) in [7, 11) is 20.5. The van der Waals surface area contributed by atoms with Crippen LogP contribution in [0.3, 0.4) is 0 Å². The lowest BCUT2D eigenvalue weighted by atomic mass is 10.3. The molecule has 0 saturated carbocycles. The molecule has 0 N–H and O–H groups in total. The second-order valence-corrected chi connectivity index (χ2v) is 14.6. The molecule has 0 bridgehead atoms. The molecular weight excluding hydrogens is 1300 g/mol. The molecule has 0 saturated heterocycles. The van der Waals surface area contributed by atoms with E-state index in [1.54, 1.807) is 56.4 Å². The minimum Gasteiger partial charge on any atom is -0.283 e. The van der Waals surface area contributed by atoms with Crippen molar-refractivity contribution in [2.45, 2.75) is 74.0 Å². The second-order valence-electron chi connectivity index (χ2n) is 14.6. The lowest BCUT2D eigenvalue weighted by Crippen LogP contribution is -2.52. The van der Waals surface area contributed by atoms with Crippen molar-refractivity contribution < 1.29 is 167 Å². The van der Waals surface area contributed by atoms with E-state index in [0.717, 1.165) is 42.3 Å². The third kappa shape index (κ3) is 85.3. The molecule has 0 atom stereocenters. The maximum Gasteiger partial charge on any atom is 0.452 e. The van der Waals surface area contributed by atoms with Gasteiger partial charge in [-0.2, -0.15) is 96.6 Å². The molecule has 45 heteroatoms. The van der Waals surface area contributed by atoms with E-state index in [-0.39, 0.29) is 55.7 Å². The van der Waals surface area contributed by atoms with Crippen LogP contribution in [0.1, 0.15) is 13.8 Å². The average molecular weight is 1380 g/mol. The van der Waals surface area contributed by atoms with Gasteiger partial charge in [0.1, 0.15) is 27.2 Å². The Hall–Kier alpha value is -2.94. The van der Waals surface area contributed by atoms with Crippen LogP contribution in [0, 0.1) is 0 Å². The summed E-state index contributed by atoms with van der Waals surface area (Å²) < 4.78 is 419. The molecule has 0 heterocycles. The zero-order valence-electron chi connectivity index (χ0n) is 49.9. The highest BCUT2D eigenvalue weighted by molar-refractivity contribution is 4.83. The zero-order chi connectivity index (χ0) is 74.4. The van der Waals surface area contributed by atoms with E-state index in [9.17, 15) is 167 Å². The van der Waals surface area contributed by atoms with Crippen LogP contribution in [-0.2, 0) is 0 Å². The number of hydrogen-bond donors (Lipinski definition) is 0. The molecule has 0 radical (unpaired) electrons. The van der Waals surface area contributed by atoms with Crippen LogP contribution >= 0.6 is 0 Å². The Morgan fingerprint density at radius 3 is 0.306 bits per heavy atom. The highest BCUT2D eigenvalue weighted by atomic mass is 19.4. The van der Waals surface area contributed by atoms with E-state index in [2.05, 4.69) is 0 Å². The molecule has 0 aliphatic carbocycles. The lowest BCUT2D eigenvalue weighted by molar-refractivity contribution is -0.277. The summed E-state index contributed by atoms with van der Waals surface area (Å²) in [5, 5.41) is 0. The fraction of sp³-hybridized carbons (Fsp3) is 1.00. The molecular formula is C40H81F38N7. The second kappa shape index (κ2) is 68.5. The van der Waals surface area contributed by atoms with E-state index in [0.29, 0.717) is 35.9 Å². The summed E-state index contributed by atoms with van der Waals surface area (Å²) in [6, 6.07) is -13.3. The number of rotatable bonds is 13. The van der Waals surface area contributed by atoms with Crippen molar-refractivity contribution in [3.63, 3.8) is 0 Å². The molecule has 0 spiro atoms. The van der Waals surface area contributed by atoms with Gasteiger partial charge in [0.05, 0.1) is 35.9 Å². The SMILES string of the molecule is CC(F)(F)C(F)(F)F.CC(F)(F)C(F)(F)F.CF.CF.CF.CF.CF.CN(C)C(F)(F)C(F)(F)CF.CN(C)C(F)(F)C(F)(F)CF.CN(C)C(F)(F)C(F)(F)CF.CN(C)CF.CN(C)CF.CN(C)CF.CN(C)CF.FCF.FCF. The molecule has 7 nitrogen and oxygen atoms in total. The normalized spacial score (nSPS) is 11.2. The molecule has 0 amide bonds. The predicted octanol–water partition coefficient (Wildman–Crippen LogP) is 16.2. The van der Waals surface area contributed by atoms with Crippen molar-refractivity contribution in [3.05, 3.63) is 0 Å². The van der Waals surface area contributed by atoms with Gasteiger partial charge in [-0.3, -0.25) is 41.6 Å². The minimum absolute atomic E-state index is 0.0213. The lowest BCUT2D eigenvalue weighted by Gasteiger charge is -2.29. The molecule has 0 aromatic rings. The zero-order valence-corrected chi connectivity index (χ0v) is 49.9. The van der Waals surface area contributed by atoms with Crippen LogP contribution in [0.2, 0.25) is 0 Å². The summed E-state index contributed by atoms with van der Waals surface area (Å²) in [5.41, 5.74) is 0. The van der Waals surface area contributed by atoms with Crippen molar-refractivity contribution in [1.82, 2.24) is 34.3 Å². The fourth-order valence-corrected chi connectivity index (χ4v) is 1.22. The van der Waals surface area contributed by atoms with Crippen LogP contribution < -0.4 is 0 Å². The van der Waals surface area contributed by atoms with Gasteiger partial charge in [-0.05, 0) is 98.7 Å². The van der Waals surface area contributed by atoms with Gasteiger partial charge in [-0.1, -0.05) is 0 Å². The smallest absolute Gasteiger partial charge is 0.283 e. The number of nitrogens with zero attached hydrogens (tertiary/aromatic N) is 7. The molecule has 0 aromatic heterocycles. The molecule has 0 aliphatic rings. The maximum absolute atomic E-state index is 12.3. The van der Waals surface area contributed by atoms with Crippen LogP contribution in [0.25, 0.3) is 0 Å². The Bertz CT molecular complexity index is 1050. The quantitative estimate of drug-likeness (QED) is 0.134. The Morgan fingerprint density at radius 1 is 0.224 bits per heavy atom. The van der Waals surface area contributed by atoms with Gasteiger partial charge in [0, 0.05) is 13.8 Å². The summed E-state index contributed by atoms with van der Waals surface area (Å²) in [5.74, 6) is -23.0. The standard InChI is InChI=1S/3C5H8F5N.2C3H3F5.4C3H8FN.2CH2F2.5CH3F/c3*1-11(2)5(9,10)4(7,8)3-6;2*1-2(4,5)3(6,7)8;4*1-5(2)3-4;2*2-1-3;5*1-2/h3*3H2,1-2H3;2*1H3;4*3H2,1-2H3;2*1H2;5*1H3. The molecule has 0 aliphatic heterocycles. The first-order valence-electron chi connectivity index (χ1n) is 20.5. The van der Waals surface area contributed by atoms with Gasteiger partial charge in [0.25, 0.3) is 0 Å². The number of alkyl halides is 38. The molecule has 0 rings (SSSR count). The highest BCUT2D eigenvalue weighted by Gasteiger charge is 2.60. The van der Waals surface area contributed by atoms with Gasteiger partial charge < -0.3 is 0 Å². The largest absolute Gasteiger partial charge is 0.452 e. The average Bonchev–Trinajstić information content (AvgIpc) is 3.39. The first-order valence-corrected chi connectivity index (χ1v) is 20.5. The highest BCUT2D eigenvalue weighted by Crippen LogP contribution is 2.38. The minimum atomic E-state index is -5.40. The van der Waals surface area contributed by atoms with Gasteiger partial charge in [-0.25, -0.2) is 63.0 Å². The van der Waals surface area contributed by atoms with E-state index >= 15 is 0 Å². The Kier molecular flexibility index (Phi) is 99.6. The summed E-state index contributed by atoms with van der Waals surface area (Å²) in [6.45, 7) is -12.4. The van der Waals surface area contributed by atoms with Crippen molar-refractivity contribution in [2.75, 3.05) is 196 Å². The Labute approximate surface area is 471 Å². The molecule has 0 aromatic carbocycles.